The van der Waals surface area contributed by atoms with Gasteiger partial charge in [0, 0.05) is 31.7 Å². The second kappa shape index (κ2) is 25.2. The normalized spacial score (nSPS) is 13.9. The lowest BCUT2D eigenvalue weighted by Crippen LogP contribution is -2.50. The quantitative estimate of drug-likeness (QED) is 0.114. The van der Waals surface area contributed by atoms with Gasteiger partial charge in [-0.1, -0.05) is 103 Å². The summed E-state index contributed by atoms with van der Waals surface area (Å²) >= 11 is 0. The van der Waals surface area contributed by atoms with Gasteiger partial charge >= 0.3 is 0 Å². The van der Waals surface area contributed by atoms with Crippen LogP contribution in [0.15, 0.2) is 12.2 Å². The smallest absolute Gasteiger partial charge is 0.0558 e. The monoisotopic (exact) mass is 456 g/mol. The maximum absolute atomic E-state index is 9.29. The van der Waals surface area contributed by atoms with Crippen molar-refractivity contribution in [2.75, 3.05) is 39.5 Å². The highest BCUT2D eigenvalue weighted by Gasteiger charge is 2.20. The van der Waals surface area contributed by atoms with Gasteiger partial charge in [0.2, 0.25) is 0 Å². The second-order valence-corrected chi connectivity index (χ2v) is 9.24. The van der Waals surface area contributed by atoms with Crippen molar-refractivity contribution in [3.63, 3.8) is 0 Å². The second-order valence-electron chi connectivity index (χ2n) is 9.24. The molecule has 2 unspecified atom stereocenters. The van der Waals surface area contributed by atoms with Crippen LogP contribution in [-0.2, 0) is 0 Å². The number of unbranched alkanes of at least 4 members (excludes halogenated alkanes) is 14. The van der Waals surface area contributed by atoms with E-state index in [-0.39, 0.29) is 31.9 Å². The SMILES string of the molecule is CCCCCCCCCCCCCCCCC=CC(NCCO)C(C)N(CCO)CCO. The minimum atomic E-state index is 0.0832. The van der Waals surface area contributed by atoms with Crippen LogP contribution in [-0.4, -0.2) is 71.8 Å². The summed E-state index contributed by atoms with van der Waals surface area (Å²) < 4.78 is 0. The summed E-state index contributed by atoms with van der Waals surface area (Å²) in [6.07, 6.45) is 24.9. The fourth-order valence-corrected chi connectivity index (χ4v) is 4.33. The molecule has 0 radical (unpaired) electrons. The molecule has 5 heteroatoms. The maximum Gasteiger partial charge on any atom is 0.0558 e. The molecule has 0 aliphatic heterocycles. The summed E-state index contributed by atoms with van der Waals surface area (Å²) in [5.41, 5.74) is 0. The molecule has 0 saturated heterocycles. The molecule has 192 valence electrons. The first kappa shape index (κ1) is 31.5. The first-order valence-corrected chi connectivity index (χ1v) is 13.7. The molecule has 0 bridgehead atoms. The summed E-state index contributed by atoms with van der Waals surface area (Å²) in [4.78, 5) is 2.09. The predicted molar refractivity (Wildman–Crippen MR) is 138 cm³/mol. The number of aliphatic hydroxyl groups excluding tert-OH is 3. The van der Waals surface area contributed by atoms with Crippen LogP contribution in [0, 0.1) is 0 Å². The van der Waals surface area contributed by atoms with Crippen LogP contribution in [0.25, 0.3) is 0 Å². The van der Waals surface area contributed by atoms with Crippen molar-refractivity contribution in [2.45, 2.75) is 122 Å². The van der Waals surface area contributed by atoms with Crippen LogP contribution in [0.4, 0.5) is 0 Å². The summed E-state index contributed by atoms with van der Waals surface area (Å²) in [6.45, 7) is 6.30. The van der Waals surface area contributed by atoms with Crippen molar-refractivity contribution < 1.29 is 15.3 Å². The number of nitrogens with zero attached hydrogens (tertiary/aromatic N) is 1. The predicted octanol–water partition coefficient (Wildman–Crippen LogP) is 5.04. The van der Waals surface area contributed by atoms with Gasteiger partial charge < -0.3 is 20.6 Å². The van der Waals surface area contributed by atoms with E-state index in [4.69, 9.17) is 0 Å². The largest absolute Gasteiger partial charge is 0.395 e. The first-order valence-electron chi connectivity index (χ1n) is 13.7. The van der Waals surface area contributed by atoms with Crippen molar-refractivity contribution in [3.8, 4) is 0 Å². The molecule has 0 rings (SSSR count). The zero-order chi connectivity index (χ0) is 23.7. The molecule has 0 heterocycles. The van der Waals surface area contributed by atoms with E-state index in [1.165, 1.54) is 89.9 Å². The highest BCUT2D eigenvalue weighted by atomic mass is 16.3. The molecule has 4 N–H and O–H groups in total. The molecule has 0 amide bonds. The van der Waals surface area contributed by atoms with Gasteiger partial charge in [-0.15, -0.1) is 0 Å². The molecule has 2 atom stereocenters. The van der Waals surface area contributed by atoms with Crippen LogP contribution in [0.5, 0.6) is 0 Å². The van der Waals surface area contributed by atoms with E-state index in [1.54, 1.807) is 0 Å². The average molecular weight is 457 g/mol. The third-order valence-electron chi connectivity index (χ3n) is 6.43. The highest BCUT2D eigenvalue weighted by molar-refractivity contribution is 4.99. The zero-order valence-electron chi connectivity index (χ0n) is 21.4. The van der Waals surface area contributed by atoms with Crippen molar-refractivity contribution in [2.24, 2.45) is 0 Å². The van der Waals surface area contributed by atoms with Gasteiger partial charge in [0.15, 0.2) is 0 Å². The van der Waals surface area contributed by atoms with Crippen molar-refractivity contribution in [1.29, 1.82) is 0 Å². The molecule has 5 nitrogen and oxygen atoms in total. The molecular weight excluding hydrogens is 400 g/mol. The molecule has 0 aromatic heterocycles. The molecule has 0 saturated carbocycles. The van der Waals surface area contributed by atoms with Crippen molar-refractivity contribution in [3.05, 3.63) is 12.2 Å². The summed E-state index contributed by atoms with van der Waals surface area (Å²) in [5, 5.41) is 31.1. The molecule has 0 spiro atoms. The van der Waals surface area contributed by atoms with Gasteiger partial charge in [-0.05, 0) is 19.8 Å². The van der Waals surface area contributed by atoms with E-state index in [0.717, 1.165) is 6.42 Å². The minimum absolute atomic E-state index is 0.0832. The van der Waals surface area contributed by atoms with Gasteiger partial charge in [-0.2, -0.15) is 0 Å². The van der Waals surface area contributed by atoms with Crippen LogP contribution in [0.3, 0.4) is 0 Å². The topological polar surface area (TPSA) is 76.0 Å². The van der Waals surface area contributed by atoms with E-state index in [2.05, 4.69) is 36.2 Å². The molecule has 32 heavy (non-hydrogen) atoms. The van der Waals surface area contributed by atoms with Crippen molar-refractivity contribution in [1.82, 2.24) is 10.2 Å². The van der Waals surface area contributed by atoms with Gasteiger partial charge in [0.05, 0.1) is 19.8 Å². The summed E-state index contributed by atoms with van der Waals surface area (Å²) in [7, 11) is 0. The molecular formula is C27H56N2O3. The summed E-state index contributed by atoms with van der Waals surface area (Å²) in [6, 6.07) is 0.250. The van der Waals surface area contributed by atoms with Crippen LogP contribution in [0.2, 0.25) is 0 Å². The Morgan fingerprint density at radius 1 is 0.688 bits per heavy atom. The third kappa shape index (κ3) is 19.0. The van der Waals surface area contributed by atoms with Crippen LogP contribution in [0.1, 0.15) is 110 Å². The Labute approximate surface area is 199 Å². The lowest BCUT2D eigenvalue weighted by Gasteiger charge is -2.33. The Morgan fingerprint density at radius 3 is 1.59 bits per heavy atom. The average Bonchev–Trinajstić information content (AvgIpc) is 2.80. The van der Waals surface area contributed by atoms with Crippen molar-refractivity contribution >= 4 is 0 Å². The van der Waals surface area contributed by atoms with Gasteiger partial charge in [-0.25, -0.2) is 0 Å². The van der Waals surface area contributed by atoms with Crippen LogP contribution >= 0.6 is 0 Å². The highest BCUT2D eigenvalue weighted by Crippen LogP contribution is 2.14. The minimum Gasteiger partial charge on any atom is -0.395 e. The first-order chi connectivity index (χ1) is 15.7. The molecule has 0 aromatic carbocycles. The number of rotatable bonds is 25. The Morgan fingerprint density at radius 2 is 1.16 bits per heavy atom. The number of nitrogens with one attached hydrogen (secondary N) is 1. The van der Waals surface area contributed by atoms with Gasteiger partial charge in [0.1, 0.15) is 0 Å². The van der Waals surface area contributed by atoms with E-state index < -0.39 is 0 Å². The van der Waals surface area contributed by atoms with E-state index in [0.29, 0.717) is 19.6 Å². The number of allylic oxidation sites excluding steroid dienone is 1. The van der Waals surface area contributed by atoms with E-state index >= 15 is 0 Å². The fraction of sp³-hybridized carbons (Fsp3) is 0.926. The lowest BCUT2D eigenvalue weighted by molar-refractivity contribution is 0.115. The van der Waals surface area contributed by atoms with E-state index in [1.807, 2.05) is 0 Å². The Balaban J connectivity index is 3.84. The zero-order valence-corrected chi connectivity index (χ0v) is 21.4. The Hall–Kier alpha value is -0.460. The van der Waals surface area contributed by atoms with E-state index in [9.17, 15) is 15.3 Å². The Kier molecular flexibility index (Phi) is 24.8. The fourth-order valence-electron chi connectivity index (χ4n) is 4.33. The van der Waals surface area contributed by atoms with Gasteiger partial charge in [0.25, 0.3) is 0 Å². The molecule has 0 aromatic rings. The molecule has 0 aliphatic rings. The number of aliphatic hydroxyl groups is 3. The third-order valence-corrected chi connectivity index (χ3v) is 6.43. The standard InChI is InChI=1S/C27H56N2O3/c1-3-4-5-6-7-8-9-10-11-12-13-14-15-16-17-18-19-27(28-20-23-30)26(2)29(21-24-31)22-25-32/h18-19,26-28,30-32H,3-17,20-25H2,1-2H3. The Bertz CT molecular complexity index is 387. The maximum atomic E-state index is 9.29. The number of hydrogen-bond donors (Lipinski definition) is 4. The number of hydrogen-bond acceptors (Lipinski definition) is 5. The van der Waals surface area contributed by atoms with Gasteiger partial charge in [-0.3, -0.25) is 4.90 Å². The summed E-state index contributed by atoms with van der Waals surface area (Å²) in [5.74, 6) is 0. The molecule has 0 aliphatic carbocycles. The lowest BCUT2D eigenvalue weighted by atomic mass is 10.0. The molecule has 0 fully saturated rings. The van der Waals surface area contributed by atoms with Crippen LogP contribution < -0.4 is 5.32 Å².